The van der Waals surface area contributed by atoms with Gasteiger partial charge in [0.05, 0.1) is 14.2 Å². The van der Waals surface area contributed by atoms with Crippen LogP contribution in [0.25, 0.3) is 6.08 Å². The Labute approximate surface area is 168 Å². The van der Waals surface area contributed by atoms with Gasteiger partial charge in [-0.15, -0.1) is 11.3 Å². The molecule has 1 saturated heterocycles. The predicted octanol–water partition coefficient (Wildman–Crippen LogP) is 3.55. The van der Waals surface area contributed by atoms with Crippen LogP contribution in [0.5, 0.6) is 11.5 Å². The quantitative estimate of drug-likeness (QED) is 0.753. The number of hydrogen-bond acceptors (Lipinski definition) is 5. The smallest absolute Gasteiger partial charge is 0.270 e. The van der Waals surface area contributed by atoms with Gasteiger partial charge in [0.1, 0.15) is 5.70 Å². The number of likely N-dealkylation sites (tertiary alicyclic amines) is 1. The minimum absolute atomic E-state index is 0.151. The molecule has 2 heterocycles. The van der Waals surface area contributed by atoms with Crippen LogP contribution in [0.4, 0.5) is 0 Å². The fourth-order valence-electron chi connectivity index (χ4n) is 3.11. The van der Waals surface area contributed by atoms with Crippen molar-refractivity contribution >= 4 is 29.2 Å². The maximum Gasteiger partial charge on any atom is 0.270 e. The summed E-state index contributed by atoms with van der Waals surface area (Å²) >= 11 is 1.51. The molecule has 0 atom stereocenters. The van der Waals surface area contributed by atoms with Crippen LogP contribution in [0.2, 0.25) is 0 Å². The van der Waals surface area contributed by atoms with Crippen molar-refractivity contribution in [2.75, 3.05) is 27.3 Å². The van der Waals surface area contributed by atoms with Crippen LogP contribution in [0.1, 0.15) is 34.5 Å². The van der Waals surface area contributed by atoms with Gasteiger partial charge in [-0.05, 0) is 55.0 Å². The number of carbonyl (C=O) groups is 2. The summed E-state index contributed by atoms with van der Waals surface area (Å²) in [7, 11) is 3.05. The lowest BCUT2D eigenvalue weighted by atomic mass is 10.1. The molecule has 148 valence electrons. The lowest BCUT2D eigenvalue weighted by Gasteiger charge is -2.27. The average Bonchev–Trinajstić information content (AvgIpc) is 3.25. The second-order valence-corrected chi connectivity index (χ2v) is 7.43. The van der Waals surface area contributed by atoms with E-state index in [9.17, 15) is 9.59 Å². The SMILES string of the molecule is COc1ccc(C(=O)N/C(=C/c2cccs2)C(=O)N2CCCCC2)cc1OC. The summed E-state index contributed by atoms with van der Waals surface area (Å²) < 4.78 is 10.5. The summed E-state index contributed by atoms with van der Waals surface area (Å²) in [5.41, 5.74) is 0.672. The van der Waals surface area contributed by atoms with Crippen molar-refractivity contribution in [3.05, 3.63) is 51.8 Å². The fourth-order valence-corrected chi connectivity index (χ4v) is 3.76. The van der Waals surface area contributed by atoms with Crippen molar-refractivity contribution in [3.8, 4) is 11.5 Å². The lowest BCUT2D eigenvalue weighted by molar-refractivity contribution is -0.128. The molecule has 1 aliphatic heterocycles. The highest BCUT2D eigenvalue weighted by Gasteiger charge is 2.23. The molecular weight excluding hydrogens is 376 g/mol. The number of carbonyl (C=O) groups excluding carboxylic acids is 2. The molecule has 1 N–H and O–H groups in total. The third-order valence-electron chi connectivity index (χ3n) is 4.60. The third kappa shape index (κ3) is 4.72. The number of rotatable bonds is 6. The van der Waals surface area contributed by atoms with E-state index >= 15 is 0 Å². The molecular formula is C21H24N2O4S. The van der Waals surface area contributed by atoms with Crippen LogP contribution < -0.4 is 14.8 Å². The number of nitrogens with zero attached hydrogens (tertiary/aromatic N) is 1. The molecule has 6 nitrogen and oxygen atoms in total. The van der Waals surface area contributed by atoms with E-state index in [0.717, 1.165) is 24.1 Å². The molecule has 0 radical (unpaired) electrons. The van der Waals surface area contributed by atoms with Gasteiger partial charge < -0.3 is 19.7 Å². The molecule has 28 heavy (non-hydrogen) atoms. The Morgan fingerprint density at radius 2 is 1.82 bits per heavy atom. The Hall–Kier alpha value is -2.80. The Kier molecular flexibility index (Phi) is 6.71. The van der Waals surface area contributed by atoms with Gasteiger partial charge >= 0.3 is 0 Å². The number of hydrogen-bond donors (Lipinski definition) is 1. The van der Waals surface area contributed by atoms with Gasteiger partial charge in [0.15, 0.2) is 11.5 Å². The first-order valence-electron chi connectivity index (χ1n) is 9.20. The molecule has 2 amide bonds. The van der Waals surface area contributed by atoms with E-state index in [0.29, 0.717) is 30.2 Å². The van der Waals surface area contributed by atoms with Crippen LogP contribution in [0.15, 0.2) is 41.4 Å². The molecule has 1 aromatic heterocycles. The second-order valence-electron chi connectivity index (χ2n) is 6.45. The van der Waals surface area contributed by atoms with Crippen molar-refractivity contribution in [1.82, 2.24) is 10.2 Å². The second kappa shape index (κ2) is 9.41. The molecule has 1 aromatic carbocycles. The van der Waals surface area contributed by atoms with Gasteiger partial charge in [0.2, 0.25) is 0 Å². The number of ether oxygens (including phenoxy) is 2. The summed E-state index contributed by atoms with van der Waals surface area (Å²) in [6.45, 7) is 1.43. The first-order chi connectivity index (χ1) is 13.6. The van der Waals surface area contributed by atoms with E-state index in [1.807, 2.05) is 17.5 Å². The molecule has 7 heteroatoms. The first-order valence-corrected chi connectivity index (χ1v) is 10.1. The van der Waals surface area contributed by atoms with E-state index in [2.05, 4.69) is 5.32 Å². The molecule has 0 aliphatic carbocycles. The average molecular weight is 401 g/mol. The van der Waals surface area contributed by atoms with Crippen molar-refractivity contribution < 1.29 is 19.1 Å². The van der Waals surface area contributed by atoms with Gasteiger partial charge in [-0.1, -0.05) is 6.07 Å². The van der Waals surface area contributed by atoms with E-state index in [1.54, 1.807) is 29.2 Å². The molecule has 0 saturated carbocycles. The molecule has 0 bridgehead atoms. The number of nitrogens with one attached hydrogen (secondary N) is 1. The van der Waals surface area contributed by atoms with Gasteiger partial charge in [0.25, 0.3) is 11.8 Å². The van der Waals surface area contributed by atoms with E-state index < -0.39 is 0 Å². The number of piperidine rings is 1. The minimum atomic E-state index is -0.367. The Morgan fingerprint density at radius 3 is 2.46 bits per heavy atom. The predicted molar refractivity (Wildman–Crippen MR) is 110 cm³/mol. The van der Waals surface area contributed by atoms with Gasteiger partial charge in [-0.2, -0.15) is 0 Å². The number of methoxy groups -OCH3 is 2. The fraction of sp³-hybridized carbons (Fsp3) is 0.333. The molecule has 0 unspecified atom stereocenters. The van der Waals surface area contributed by atoms with E-state index in [1.165, 1.54) is 25.6 Å². The summed E-state index contributed by atoms with van der Waals surface area (Å²) in [4.78, 5) is 28.6. The van der Waals surface area contributed by atoms with Crippen molar-refractivity contribution in [2.45, 2.75) is 19.3 Å². The third-order valence-corrected chi connectivity index (χ3v) is 5.42. The zero-order chi connectivity index (χ0) is 19.9. The van der Waals surface area contributed by atoms with Crippen molar-refractivity contribution in [2.24, 2.45) is 0 Å². The first kappa shape index (κ1) is 19.9. The monoisotopic (exact) mass is 400 g/mol. The van der Waals surface area contributed by atoms with Crippen molar-refractivity contribution in [3.63, 3.8) is 0 Å². The van der Waals surface area contributed by atoms with Gasteiger partial charge in [-0.3, -0.25) is 9.59 Å². The Bertz CT molecular complexity index is 855. The summed E-state index contributed by atoms with van der Waals surface area (Å²) in [6, 6.07) is 8.74. The summed E-state index contributed by atoms with van der Waals surface area (Å²) in [5, 5.41) is 4.73. The number of thiophene rings is 1. The Balaban J connectivity index is 1.84. The van der Waals surface area contributed by atoms with Crippen LogP contribution in [0, 0.1) is 0 Å². The molecule has 3 rings (SSSR count). The molecule has 1 aliphatic rings. The molecule has 2 aromatic rings. The highest BCUT2D eigenvalue weighted by molar-refractivity contribution is 7.10. The standard InChI is InChI=1S/C21H24N2O4S/c1-26-18-9-8-15(13-19(18)27-2)20(24)22-17(14-16-7-6-12-28-16)21(25)23-10-4-3-5-11-23/h6-9,12-14H,3-5,10-11H2,1-2H3,(H,22,24)/b17-14+. The minimum Gasteiger partial charge on any atom is -0.493 e. The normalized spacial score (nSPS) is 14.5. The Morgan fingerprint density at radius 1 is 1.07 bits per heavy atom. The van der Waals surface area contributed by atoms with Crippen LogP contribution in [0.3, 0.4) is 0 Å². The van der Waals surface area contributed by atoms with Crippen LogP contribution in [-0.2, 0) is 4.79 Å². The number of amides is 2. The lowest BCUT2D eigenvalue weighted by Crippen LogP contribution is -2.41. The van der Waals surface area contributed by atoms with Crippen LogP contribution in [-0.4, -0.2) is 44.0 Å². The number of benzene rings is 1. The highest BCUT2D eigenvalue weighted by atomic mass is 32.1. The molecule has 0 spiro atoms. The van der Waals surface area contributed by atoms with Crippen molar-refractivity contribution in [1.29, 1.82) is 0 Å². The zero-order valence-corrected chi connectivity index (χ0v) is 16.9. The topological polar surface area (TPSA) is 67.9 Å². The molecule has 1 fully saturated rings. The largest absolute Gasteiger partial charge is 0.493 e. The summed E-state index contributed by atoms with van der Waals surface area (Å²) in [6.07, 6.45) is 4.84. The highest BCUT2D eigenvalue weighted by Crippen LogP contribution is 2.27. The van der Waals surface area contributed by atoms with Gasteiger partial charge in [0, 0.05) is 23.5 Å². The van der Waals surface area contributed by atoms with E-state index in [-0.39, 0.29) is 17.5 Å². The summed E-state index contributed by atoms with van der Waals surface area (Å²) in [5.74, 6) is 0.482. The maximum absolute atomic E-state index is 13.0. The van der Waals surface area contributed by atoms with E-state index in [4.69, 9.17) is 9.47 Å². The zero-order valence-electron chi connectivity index (χ0n) is 16.1. The maximum atomic E-state index is 13.0. The van der Waals surface area contributed by atoms with Crippen LogP contribution >= 0.6 is 11.3 Å². The van der Waals surface area contributed by atoms with Gasteiger partial charge in [-0.25, -0.2) is 0 Å².